The standard InChI is InChI=1S/C20H23NO3/c22-17-10-13-21(14-11-17)20(23)12-15-24-19-9-5-4-8-18(19)16-6-2-1-3-7-16/h1-9,17,22H,10-15H2. The molecule has 1 amide bonds. The van der Waals surface area contributed by atoms with Gasteiger partial charge in [-0.2, -0.15) is 0 Å². The molecule has 0 unspecified atom stereocenters. The Morgan fingerprint density at radius 2 is 1.71 bits per heavy atom. The van der Waals surface area contributed by atoms with Gasteiger partial charge in [-0.25, -0.2) is 0 Å². The summed E-state index contributed by atoms with van der Waals surface area (Å²) in [5.41, 5.74) is 2.14. The van der Waals surface area contributed by atoms with E-state index in [0.717, 1.165) is 16.9 Å². The predicted octanol–water partition coefficient (Wildman–Crippen LogP) is 3.11. The minimum absolute atomic E-state index is 0.0964. The molecule has 1 heterocycles. The van der Waals surface area contributed by atoms with Crippen molar-refractivity contribution in [2.45, 2.75) is 25.4 Å². The van der Waals surface area contributed by atoms with Gasteiger partial charge in [0.15, 0.2) is 0 Å². The summed E-state index contributed by atoms with van der Waals surface area (Å²) >= 11 is 0. The number of nitrogens with zero attached hydrogens (tertiary/aromatic N) is 1. The highest BCUT2D eigenvalue weighted by Crippen LogP contribution is 2.29. The Morgan fingerprint density at radius 1 is 1.04 bits per heavy atom. The molecule has 1 aliphatic rings. The number of benzene rings is 2. The molecule has 0 bridgehead atoms. The van der Waals surface area contributed by atoms with Crippen molar-refractivity contribution in [2.24, 2.45) is 0 Å². The molecule has 1 fully saturated rings. The van der Waals surface area contributed by atoms with E-state index in [2.05, 4.69) is 0 Å². The largest absolute Gasteiger partial charge is 0.492 e. The van der Waals surface area contributed by atoms with Gasteiger partial charge in [0, 0.05) is 18.7 Å². The SMILES string of the molecule is O=C(CCOc1ccccc1-c1ccccc1)N1CCC(O)CC1. The lowest BCUT2D eigenvalue weighted by Gasteiger charge is -2.29. The van der Waals surface area contributed by atoms with E-state index >= 15 is 0 Å². The summed E-state index contributed by atoms with van der Waals surface area (Å²) in [6.45, 7) is 1.64. The Balaban J connectivity index is 1.57. The van der Waals surface area contributed by atoms with E-state index in [4.69, 9.17) is 4.74 Å². The number of carbonyl (C=O) groups excluding carboxylic acids is 1. The minimum Gasteiger partial charge on any atom is -0.492 e. The van der Waals surface area contributed by atoms with Gasteiger partial charge in [0.05, 0.1) is 19.1 Å². The monoisotopic (exact) mass is 325 g/mol. The van der Waals surface area contributed by atoms with Gasteiger partial charge >= 0.3 is 0 Å². The summed E-state index contributed by atoms with van der Waals surface area (Å²) in [6.07, 6.45) is 1.44. The quantitative estimate of drug-likeness (QED) is 0.919. The molecule has 0 atom stereocenters. The van der Waals surface area contributed by atoms with E-state index < -0.39 is 0 Å². The average Bonchev–Trinajstić information content (AvgIpc) is 2.63. The molecule has 0 aromatic heterocycles. The van der Waals surface area contributed by atoms with Crippen LogP contribution in [0.25, 0.3) is 11.1 Å². The number of rotatable bonds is 5. The summed E-state index contributed by atoms with van der Waals surface area (Å²) in [6, 6.07) is 18.0. The first-order chi connectivity index (χ1) is 11.7. The summed E-state index contributed by atoms with van der Waals surface area (Å²) in [7, 11) is 0. The fraction of sp³-hybridized carbons (Fsp3) is 0.350. The van der Waals surface area contributed by atoms with Crippen LogP contribution in [0.15, 0.2) is 54.6 Å². The van der Waals surface area contributed by atoms with Crippen LogP contribution in [0.4, 0.5) is 0 Å². The van der Waals surface area contributed by atoms with Crippen LogP contribution >= 0.6 is 0 Å². The number of aliphatic hydroxyl groups excluding tert-OH is 1. The molecule has 1 saturated heterocycles. The molecule has 2 aromatic rings. The number of aliphatic hydroxyl groups is 1. The number of carbonyl (C=O) groups is 1. The predicted molar refractivity (Wildman–Crippen MR) is 93.8 cm³/mol. The van der Waals surface area contributed by atoms with E-state index in [-0.39, 0.29) is 12.0 Å². The molecule has 126 valence electrons. The van der Waals surface area contributed by atoms with Crippen LogP contribution in [0.2, 0.25) is 0 Å². The number of hydrogen-bond donors (Lipinski definition) is 1. The second-order valence-electron chi connectivity index (χ2n) is 6.07. The van der Waals surface area contributed by atoms with Crippen molar-refractivity contribution < 1.29 is 14.6 Å². The van der Waals surface area contributed by atoms with E-state index in [9.17, 15) is 9.90 Å². The molecule has 0 saturated carbocycles. The molecule has 3 rings (SSSR count). The lowest BCUT2D eigenvalue weighted by Crippen LogP contribution is -2.40. The van der Waals surface area contributed by atoms with E-state index in [1.165, 1.54) is 0 Å². The van der Waals surface area contributed by atoms with E-state index in [1.54, 1.807) is 0 Å². The van der Waals surface area contributed by atoms with Crippen molar-refractivity contribution >= 4 is 5.91 Å². The lowest BCUT2D eigenvalue weighted by atomic mass is 10.1. The maximum Gasteiger partial charge on any atom is 0.226 e. The normalized spacial score (nSPS) is 15.3. The number of piperidine rings is 1. The second kappa shape index (κ2) is 7.97. The fourth-order valence-corrected chi connectivity index (χ4v) is 2.97. The Labute approximate surface area is 142 Å². The van der Waals surface area contributed by atoms with Crippen LogP contribution in [-0.2, 0) is 4.79 Å². The van der Waals surface area contributed by atoms with Gasteiger partial charge in [-0.1, -0.05) is 48.5 Å². The van der Waals surface area contributed by atoms with Crippen LogP contribution in [-0.4, -0.2) is 41.7 Å². The average molecular weight is 325 g/mol. The van der Waals surface area contributed by atoms with Crippen molar-refractivity contribution in [3.8, 4) is 16.9 Å². The van der Waals surface area contributed by atoms with Crippen molar-refractivity contribution in [3.05, 3.63) is 54.6 Å². The maximum atomic E-state index is 12.2. The summed E-state index contributed by atoms with van der Waals surface area (Å²) in [5, 5.41) is 9.51. The first kappa shape index (κ1) is 16.5. The van der Waals surface area contributed by atoms with Crippen LogP contribution < -0.4 is 4.74 Å². The fourth-order valence-electron chi connectivity index (χ4n) is 2.97. The van der Waals surface area contributed by atoms with Crippen LogP contribution in [0.5, 0.6) is 5.75 Å². The maximum absolute atomic E-state index is 12.2. The minimum atomic E-state index is -0.261. The van der Waals surface area contributed by atoms with Gasteiger partial charge in [-0.15, -0.1) is 0 Å². The van der Waals surface area contributed by atoms with Crippen LogP contribution in [0.3, 0.4) is 0 Å². The van der Waals surface area contributed by atoms with Gasteiger partial charge in [-0.05, 0) is 24.5 Å². The zero-order valence-electron chi connectivity index (χ0n) is 13.7. The van der Waals surface area contributed by atoms with Crippen LogP contribution in [0.1, 0.15) is 19.3 Å². The third kappa shape index (κ3) is 4.15. The molecule has 1 N–H and O–H groups in total. The number of amides is 1. The molecule has 4 nitrogen and oxygen atoms in total. The van der Waals surface area contributed by atoms with Gasteiger partial charge in [0.2, 0.25) is 5.91 Å². The molecule has 4 heteroatoms. The van der Waals surface area contributed by atoms with Gasteiger partial charge < -0.3 is 14.7 Å². The molecular weight excluding hydrogens is 302 g/mol. The Kier molecular flexibility index (Phi) is 5.49. The highest BCUT2D eigenvalue weighted by molar-refractivity contribution is 5.76. The first-order valence-corrected chi connectivity index (χ1v) is 8.47. The van der Waals surface area contributed by atoms with Crippen molar-refractivity contribution in [2.75, 3.05) is 19.7 Å². The van der Waals surface area contributed by atoms with E-state index in [1.807, 2.05) is 59.5 Å². The molecule has 0 spiro atoms. The van der Waals surface area contributed by atoms with Gasteiger partial charge in [0.1, 0.15) is 5.75 Å². The van der Waals surface area contributed by atoms with Crippen molar-refractivity contribution in [3.63, 3.8) is 0 Å². The number of likely N-dealkylation sites (tertiary alicyclic amines) is 1. The zero-order valence-corrected chi connectivity index (χ0v) is 13.7. The van der Waals surface area contributed by atoms with Crippen LogP contribution in [0, 0.1) is 0 Å². The molecule has 1 aliphatic heterocycles. The Bertz CT molecular complexity index is 664. The molecular formula is C20H23NO3. The van der Waals surface area contributed by atoms with Crippen molar-refractivity contribution in [1.29, 1.82) is 0 Å². The highest BCUT2D eigenvalue weighted by Gasteiger charge is 2.21. The molecule has 2 aromatic carbocycles. The highest BCUT2D eigenvalue weighted by atomic mass is 16.5. The molecule has 0 radical (unpaired) electrons. The van der Waals surface area contributed by atoms with E-state index in [0.29, 0.717) is 39.0 Å². The summed E-state index contributed by atoms with van der Waals surface area (Å²) in [4.78, 5) is 14.0. The number of ether oxygens (including phenoxy) is 1. The third-order valence-electron chi connectivity index (χ3n) is 4.36. The first-order valence-electron chi connectivity index (χ1n) is 8.47. The molecule has 0 aliphatic carbocycles. The topological polar surface area (TPSA) is 49.8 Å². The number of hydrogen-bond acceptors (Lipinski definition) is 3. The van der Waals surface area contributed by atoms with Gasteiger partial charge in [0.25, 0.3) is 0 Å². The van der Waals surface area contributed by atoms with Gasteiger partial charge in [-0.3, -0.25) is 4.79 Å². The third-order valence-corrected chi connectivity index (χ3v) is 4.36. The Morgan fingerprint density at radius 3 is 2.46 bits per heavy atom. The number of para-hydroxylation sites is 1. The molecule has 24 heavy (non-hydrogen) atoms. The Hall–Kier alpha value is -2.33. The van der Waals surface area contributed by atoms with Crippen molar-refractivity contribution in [1.82, 2.24) is 4.90 Å². The zero-order chi connectivity index (χ0) is 16.8. The lowest BCUT2D eigenvalue weighted by molar-refractivity contribution is -0.133. The second-order valence-corrected chi connectivity index (χ2v) is 6.07. The summed E-state index contributed by atoms with van der Waals surface area (Å²) in [5.74, 6) is 0.893. The summed E-state index contributed by atoms with van der Waals surface area (Å²) < 4.78 is 5.88. The smallest absolute Gasteiger partial charge is 0.226 e.